The number of benzene rings is 1. The average molecular weight is 263 g/mol. The monoisotopic (exact) mass is 263 g/mol. The van der Waals surface area contributed by atoms with Crippen molar-refractivity contribution in [2.45, 2.75) is 58.6 Å². The molecule has 0 aliphatic carbocycles. The van der Waals surface area contributed by atoms with Crippen molar-refractivity contribution in [1.29, 1.82) is 0 Å². The van der Waals surface area contributed by atoms with Crippen LogP contribution < -0.4 is 5.32 Å². The third kappa shape index (κ3) is 3.58. The second-order valence-corrected chi connectivity index (χ2v) is 5.02. The van der Waals surface area contributed by atoms with Crippen molar-refractivity contribution in [3.63, 3.8) is 0 Å². The number of ether oxygens (including phenoxy) is 1. The molecule has 0 fully saturated rings. The van der Waals surface area contributed by atoms with Gasteiger partial charge in [0.25, 0.3) is 0 Å². The van der Waals surface area contributed by atoms with Gasteiger partial charge < -0.3 is 10.1 Å². The number of likely N-dealkylation sites (N-methyl/N-ethyl adjacent to an activating group) is 1. The van der Waals surface area contributed by atoms with E-state index in [0.29, 0.717) is 0 Å². The molecule has 0 aromatic heterocycles. The molecule has 108 valence electrons. The van der Waals surface area contributed by atoms with Gasteiger partial charge in [0.05, 0.1) is 11.6 Å². The third-order valence-electron chi connectivity index (χ3n) is 4.16. The van der Waals surface area contributed by atoms with Gasteiger partial charge in [-0.15, -0.1) is 0 Å². The highest BCUT2D eigenvalue weighted by Crippen LogP contribution is 2.35. The van der Waals surface area contributed by atoms with E-state index in [2.05, 4.69) is 57.3 Å². The van der Waals surface area contributed by atoms with Crippen molar-refractivity contribution in [1.82, 2.24) is 5.32 Å². The molecule has 1 aromatic carbocycles. The summed E-state index contributed by atoms with van der Waals surface area (Å²) in [6.07, 6.45) is 3.11. The Kier molecular flexibility index (Phi) is 6.53. The molecule has 0 aliphatic rings. The summed E-state index contributed by atoms with van der Waals surface area (Å²) in [5.41, 5.74) is 2.59. The molecule has 1 atom stereocenters. The second kappa shape index (κ2) is 7.66. The van der Waals surface area contributed by atoms with E-state index in [1.165, 1.54) is 11.1 Å². The number of aryl methyl sites for hydroxylation is 1. The quantitative estimate of drug-likeness (QED) is 0.762. The SMILES string of the molecule is CCOC(CC)(CC)C(NC)c1ccc(CC)cc1. The summed E-state index contributed by atoms with van der Waals surface area (Å²) in [5.74, 6) is 0. The number of nitrogens with one attached hydrogen (secondary N) is 1. The Morgan fingerprint density at radius 2 is 1.63 bits per heavy atom. The zero-order valence-electron chi connectivity index (χ0n) is 13.1. The van der Waals surface area contributed by atoms with E-state index in [1.54, 1.807) is 0 Å². The first-order valence-electron chi connectivity index (χ1n) is 7.57. The first-order valence-corrected chi connectivity index (χ1v) is 7.57. The van der Waals surface area contributed by atoms with E-state index in [1.807, 2.05) is 7.05 Å². The fourth-order valence-electron chi connectivity index (χ4n) is 2.91. The Bertz CT molecular complexity index is 354. The lowest BCUT2D eigenvalue weighted by molar-refractivity contribution is -0.0717. The molecule has 0 saturated heterocycles. The Labute approximate surface area is 118 Å². The van der Waals surface area contributed by atoms with E-state index in [9.17, 15) is 0 Å². The first-order chi connectivity index (χ1) is 9.17. The van der Waals surface area contributed by atoms with E-state index in [4.69, 9.17) is 4.74 Å². The summed E-state index contributed by atoms with van der Waals surface area (Å²) < 4.78 is 6.13. The van der Waals surface area contributed by atoms with Crippen LogP contribution in [0.5, 0.6) is 0 Å². The topological polar surface area (TPSA) is 21.3 Å². The maximum Gasteiger partial charge on any atom is 0.0870 e. The Morgan fingerprint density at radius 3 is 2.00 bits per heavy atom. The molecule has 0 heterocycles. The second-order valence-electron chi connectivity index (χ2n) is 5.02. The fraction of sp³-hybridized carbons (Fsp3) is 0.647. The molecular weight excluding hydrogens is 234 g/mol. The predicted molar refractivity (Wildman–Crippen MR) is 82.6 cm³/mol. The number of hydrogen-bond donors (Lipinski definition) is 1. The maximum absolute atomic E-state index is 6.13. The van der Waals surface area contributed by atoms with Gasteiger partial charge in [0, 0.05) is 6.61 Å². The molecule has 19 heavy (non-hydrogen) atoms. The summed E-state index contributed by atoms with van der Waals surface area (Å²) >= 11 is 0. The van der Waals surface area contributed by atoms with Gasteiger partial charge in [-0.3, -0.25) is 0 Å². The van der Waals surface area contributed by atoms with Crippen molar-refractivity contribution in [3.8, 4) is 0 Å². The Balaban J connectivity index is 3.07. The molecule has 1 N–H and O–H groups in total. The van der Waals surface area contributed by atoms with Crippen LogP contribution in [0, 0.1) is 0 Å². The van der Waals surface area contributed by atoms with Crippen LogP contribution in [0.1, 0.15) is 57.7 Å². The van der Waals surface area contributed by atoms with Gasteiger partial charge in [-0.05, 0) is 44.4 Å². The molecule has 0 bridgehead atoms. The van der Waals surface area contributed by atoms with Crippen molar-refractivity contribution in [2.75, 3.05) is 13.7 Å². The molecule has 0 saturated carbocycles. The van der Waals surface area contributed by atoms with Gasteiger partial charge in [0.2, 0.25) is 0 Å². The zero-order chi connectivity index (χ0) is 14.3. The van der Waals surface area contributed by atoms with Crippen LogP contribution in [0.25, 0.3) is 0 Å². The van der Waals surface area contributed by atoms with Gasteiger partial charge in [0.1, 0.15) is 0 Å². The van der Waals surface area contributed by atoms with Crippen LogP contribution in [0.4, 0.5) is 0 Å². The lowest BCUT2D eigenvalue weighted by Crippen LogP contribution is -2.44. The lowest BCUT2D eigenvalue weighted by atomic mass is 9.83. The van der Waals surface area contributed by atoms with Crippen LogP contribution in [-0.4, -0.2) is 19.3 Å². The number of hydrogen-bond acceptors (Lipinski definition) is 2. The third-order valence-corrected chi connectivity index (χ3v) is 4.16. The minimum absolute atomic E-state index is 0.114. The molecule has 0 amide bonds. The van der Waals surface area contributed by atoms with Crippen molar-refractivity contribution in [3.05, 3.63) is 35.4 Å². The van der Waals surface area contributed by atoms with Crippen molar-refractivity contribution in [2.24, 2.45) is 0 Å². The summed E-state index contributed by atoms with van der Waals surface area (Å²) in [7, 11) is 2.03. The van der Waals surface area contributed by atoms with Crippen molar-refractivity contribution < 1.29 is 4.74 Å². The number of rotatable bonds is 8. The van der Waals surface area contributed by atoms with E-state index in [0.717, 1.165) is 25.9 Å². The molecule has 1 rings (SSSR count). The fourth-order valence-corrected chi connectivity index (χ4v) is 2.91. The van der Waals surface area contributed by atoms with Crippen LogP contribution in [-0.2, 0) is 11.2 Å². The Hall–Kier alpha value is -0.860. The molecular formula is C17H29NO. The molecule has 0 aliphatic heterocycles. The minimum Gasteiger partial charge on any atom is -0.373 e. The first kappa shape index (κ1) is 16.2. The molecule has 1 unspecified atom stereocenters. The molecule has 2 heteroatoms. The van der Waals surface area contributed by atoms with Crippen molar-refractivity contribution >= 4 is 0 Å². The van der Waals surface area contributed by atoms with Crippen LogP contribution in [0.15, 0.2) is 24.3 Å². The summed E-state index contributed by atoms with van der Waals surface area (Å²) in [5, 5.41) is 3.46. The van der Waals surface area contributed by atoms with E-state index in [-0.39, 0.29) is 11.6 Å². The summed E-state index contributed by atoms with van der Waals surface area (Å²) in [4.78, 5) is 0. The zero-order valence-corrected chi connectivity index (χ0v) is 13.1. The predicted octanol–water partition coefficient (Wildman–Crippen LogP) is 4.10. The molecule has 0 spiro atoms. The highest BCUT2D eigenvalue weighted by atomic mass is 16.5. The molecule has 0 radical (unpaired) electrons. The van der Waals surface area contributed by atoms with E-state index < -0.39 is 0 Å². The molecule has 1 aromatic rings. The smallest absolute Gasteiger partial charge is 0.0870 e. The van der Waals surface area contributed by atoms with Gasteiger partial charge in [0.15, 0.2) is 0 Å². The summed E-state index contributed by atoms with van der Waals surface area (Å²) in [6, 6.07) is 9.16. The minimum atomic E-state index is -0.114. The van der Waals surface area contributed by atoms with E-state index >= 15 is 0 Å². The van der Waals surface area contributed by atoms with Gasteiger partial charge in [-0.1, -0.05) is 45.0 Å². The van der Waals surface area contributed by atoms with Crippen LogP contribution >= 0.6 is 0 Å². The largest absolute Gasteiger partial charge is 0.373 e. The normalized spacial score (nSPS) is 13.5. The standard InChI is InChI=1S/C17H29NO/c1-6-14-10-12-15(13-11-14)16(18-5)17(7-2,8-3)19-9-4/h10-13,16,18H,6-9H2,1-5H3. The summed E-state index contributed by atoms with van der Waals surface area (Å²) in [6.45, 7) is 9.45. The lowest BCUT2D eigenvalue weighted by Gasteiger charge is -2.39. The highest BCUT2D eigenvalue weighted by molar-refractivity contribution is 5.27. The van der Waals surface area contributed by atoms with Crippen LogP contribution in [0.3, 0.4) is 0 Å². The maximum atomic E-state index is 6.13. The molecule has 2 nitrogen and oxygen atoms in total. The van der Waals surface area contributed by atoms with Gasteiger partial charge in [-0.2, -0.15) is 0 Å². The van der Waals surface area contributed by atoms with Gasteiger partial charge >= 0.3 is 0 Å². The Morgan fingerprint density at radius 1 is 1.05 bits per heavy atom. The highest BCUT2D eigenvalue weighted by Gasteiger charge is 2.36. The average Bonchev–Trinajstić information content (AvgIpc) is 2.47. The van der Waals surface area contributed by atoms with Crippen LogP contribution in [0.2, 0.25) is 0 Å². The van der Waals surface area contributed by atoms with Gasteiger partial charge in [-0.25, -0.2) is 0 Å².